The number of rotatable bonds is 15. The summed E-state index contributed by atoms with van der Waals surface area (Å²) in [4.78, 5) is 38.9. The van der Waals surface area contributed by atoms with Crippen LogP contribution in [0.25, 0.3) is 11.6 Å². The van der Waals surface area contributed by atoms with Gasteiger partial charge in [0.2, 0.25) is 11.8 Å². The number of allylic oxidation sites excluding steroid dienone is 1. The van der Waals surface area contributed by atoms with E-state index in [1.165, 1.54) is 24.1 Å². The molecule has 0 bridgehead atoms. The Balaban J connectivity index is 1.56. The molecule has 236 valence electrons. The highest BCUT2D eigenvalue weighted by Crippen LogP contribution is 2.46. The molecule has 4 atom stereocenters. The first-order valence-corrected chi connectivity index (χ1v) is 15.0. The van der Waals surface area contributed by atoms with Gasteiger partial charge < -0.3 is 25.2 Å². The number of ether oxygens (including phenoxy) is 1. The van der Waals surface area contributed by atoms with Gasteiger partial charge in [-0.1, -0.05) is 48.9 Å². The summed E-state index contributed by atoms with van der Waals surface area (Å²) in [5.74, 6) is -5.00. The molecule has 44 heavy (non-hydrogen) atoms. The highest BCUT2D eigenvalue weighted by Gasteiger charge is 2.54. The van der Waals surface area contributed by atoms with E-state index in [4.69, 9.17) is 9.84 Å². The quantitative estimate of drug-likeness (QED) is 0.101. The van der Waals surface area contributed by atoms with Crippen molar-refractivity contribution in [3.05, 3.63) is 76.6 Å². The van der Waals surface area contributed by atoms with E-state index in [2.05, 4.69) is 0 Å². The Kier molecular flexibility index (Phi) is 11.4. The number of halogens is 1. The van der Waals surface area contributed by atoms with E-state index >= 15 is 0 Å². The van der Waals surface area contributed by atoms with Crippen LogP contribution in [0.5, 0.6) is 5.75 Å². The van der Waals surface area contributed by atoms with Gasteiger partial charge in [-0.25, -0.2) is 4.39 Å². The number of unbranched alkanes of at least 4 members (excludes halogenated alkanes) is 2. The average molecular weight is 610 g/mol. The lowest BCUT2D eigenvalue weighted by Gasteiger charge is -2.36. The number of nitrogens with zero attached hydrogens (tertiary/aromatic N) is 1. The van der Waals surface area contributed by atoms with Gasteiger partial charge in [0.15, 0.2) is 11.6 Å². The van der Waals surface area contributed by atoms with Crippen molar-refractivity contribution in [2.45, 2.75) is 51.0 Å². The molecule has 0 unspecified atom stereocenters. The number of benzene rings is 2. The number of hydrogen-bond acceptors (Lipinski definition) is 7. The number of carbonyl (C=O) groups excluding carboxylic acids is 2. The zero-order valence-corrected chi connectivity index (χ0v) is 24.8. The molecule has 10 heteroatoms. The van der Waals surface area contributed by atoms with Crippen LogP contribution >= 0.6 is 0 Å². The summed E-state index contributed by atoms with van der Waals surface area (Å²) in [6.45, 7) is -0.111. The van der Waals surface area contributed by atoms with Gasteiger partial charge >= 0.3 is 5.97 Å². The standard InChI is InChI=1S/C34H40FNO8/c1-44-20-24-18-25-32(34(43)36(33(25)42)15-7-3-6-10-30(40)41)26(19-37)31(24)29(39)14-12-23(22-8-4-2-5-9-22)16-21-11-13-28(38)27(35)17-21/h2,4-5,8-9,11,13,16-17,25-26,29,32,37-39H,3,6-7,10,12,14-15,18-20H2,1H3,(H,40,41)/b23-16-/t25-,26+,29-,32-/m1/s1. The summed E-state index contributed by atoms with van der Waals surface area (Å²) in [7, 11) is 1.51. The highest BCUT2D eigenvalue weighted by atomic mass is 19.1. The van der Waals surface area contributed by atoms with E-state index in [-0.39, 0.29) is 44.2 Å². The van der Waals surface area contributed by atoms with Gasteiger partial charge in [-0.05, 0) is 72.1 Å². The van der Waals surface area contributed by atoms with Crippen molar-refractivity contribution < 1.29 is 43.9 Å². The molecule has 1 saturated heterocycles. The number of carboxylic acid groups (broad SMARTS) is 1. The summed E-state index contributed by atoms with van der Waals surface area (Å²) < 4.78 is 19.5. The number of imide groups is 1. The fourth-order valence-corrected chi connectivity index (χ4v) is 6.49. The summed E-state index contributed by atoms with van der Waals surface area (Å²) >= 11 is 0. The van der Waals surface area contributed by atoms with Gasteiger partial charge in [0.25, 0.3) is 0 Å². The van der Waals surface area contributed by atoms with E-state index in [0.29, 0.717) is 42.4 Å². The van der Waals surface area contributed by atoms with Crippen molar-refractivity contribution in [1.82, 2.24) is 4.90 Å². The smallest absolute Gasteiger partial charge is 0.303 e. The third kappa shape index (κ3) is 7.61. The number of aliphatic hydroxyl groups is 2. The van der Waals surface area contributed by atoms with E-state index in [1.54, 1.807) is 12.1 Å². The van der Waals surface area contributed by atoms with E-state index < -0.39 is 48.0 Å². The first-order valence-electron chi connectivity index (χ1n) is 15.0. The van der Waals surface area contributed by atoms with Crippen molar-refractivity contribution in [3.63, 3.8) is 0 Å². The number of carbonyl (C=O) groups is 3. The fourth-order valence-electron chi connectivity index (χ4n) is 6.49. The lowest BCUT2D eigenvalue weighted by atomic mass is 9.68. The second-order valence-corrected chi connectivity index (χ2v) is 11.5. The fraction of sp³-hybridized carbons (Fsp3) is 0.441. The number of fused-ring (bicyclic) bond motifs is 1. The highest BCUT2D eigenvalue weighted by molar-refractivity contribution is 6.05. The molecule has 1 aliphatic carbocycles. The minimum absolute atomic E-state index is 0.0261. The Bertz CT molecular complexity index is 1410. The van der Waals surface area contributed by atoms with E-state index in [0.717, 1.165) is 11.1 Å². The summed E-state index contributed by atoms with van der Waals surface area (Å²) in [6.07, 6.45) is 3.11. The van der Waals surface area contributed by atoms with Gasteiger partial charge in [-0.15, -0.1) is 0 Å². The number of carboxylic acids is 1. The summed E-state index contributed by atoms with van der Waals surface area (Å²) in [6, 6.07) is 13.6. The molecule has 2 aromatic carbocycles. The lowest BCUT2D eigenvalue weighted by molar-refractivity contribution is -0.141. The first kappa shape index (κ1) is 33.0. The zero-order valence-electron chi connectivity index (χ0n) is 24.8. The van der Waals surface area contributed by atoms with Crippen LogP contribution in [-0.4, -0.2) is 76.1 Å². The molecule has 4 rings (SSSR count). The average Bonchev–Trinajstić information content (AvgIpc) is 3.24. The molecule has 0 spiro atoms. The second-order valence-electron chi connectivity index (χ2n) is 11.5. The molecule has 1 fully saturated rings. The number of aliphatic hydroxyl groups excluding tert-OH is 2. The van der Waals surface area contributed by atoms with Gasteiger partial charge in [-0.2, -0.15) is 0 Å². The van der Waals surface area contributed by atoms with Crippen LogP contribution in [0.1, 0.15) is 56.1 Å². The van der Waals surface area contributed by atoms with Crippen molar-refractivity contribution in [3.8, 4) is 5.75 Å². The Morgan fingerprint density at radius 3 is 2.50 bits per heavy atom. The Hall–Kier alpha value is -3.86. The second kappa shape index (κ2) is 15.2. The SMILES string of the molecule is COCC1=C([C@H](O)CC/C(=C/c2ccc(O)c(F)c2)c2ccccc2)[C@H](CO)[C@@H]2C(=O)N(CCCCCC(=O)O)C(=O)[C@@H]2C1. The number of hydrogen-bond donors (Lipinski definition) is 4. The molecule has 1 aliphatic heterocycles. The predicted molar refractivity (Wildman–Crippen MR) is 162 cm³/mol. The van der Waals surface area contributed by atoms with Gasteiger partial charge in [0, 0.05) is 26.0 Å². The summed E-state index contributed by atoms with van der Waals surface area (Å²) in [5, 5.41) is 40.6. The predicted octanol–water partition coefficient (Wildman–Crippen LogP) is 4.41. The Labute approximate surface area is 256 Å². The molecule has 0 saturated carbocycles. The number of amides is 2. The number of phenols is 1. The number of methoxy groups -OCH3 is 1. The zero-order chi connectivity index (χ0) is 31.8. The number of aliphatic carboxylic acids is 1. The summed E-state index contributed by atoms with van der Waals surface area (Å²) in [5.41, 5.74) is 3.44. The molecular formula is C34H40FNO8. The van der Waals surface area contributed by atoms with Gasteiger partial charge in [0.05, 0.1) is 31.2 Å². The molecule has 2 amide bonds. The van der Waals surface area contributed by atoms with Crippen LogP contribution in [0, 0.1) is 23.6 Å². The minimum Gasteiger partial charge on any atom is -0.505 e. The number of aromatic hydroxyl groups is 1. The first-order chi connectivity index (χ1) is 21.2. The minimum atomic E-state index is -1.05. The maximum atomic E-state index is 14.1. The number of likely N-dealkylation sites (tertiary alicyclic amines) is 1. The topological polar surface area (TPSA) is 145 Å². The van der Waals surface area contributed by atoms with Crippen LogP contribution in [0.4, 0.5) is 4.39 Å². The third-order valence-electron chi connectivity index (χ3n) is 8.57. The van der Waals surface area contributed by atoms with Crippen LogP contribution in [0.3, 0.4) is 0 Å². The van der Waals surface area contributed by atoms with Crippen molar-refractivity contribution in [2.24, 2.45) is 17.8 Å². The van der Waals surface area contributed by atoms with Gasteiger partial charge in [0.1, 0.15) is 0 Å². The molecule has 9 nitrogen and oxygen atoms in total. The molecule has 0 radical (unpaired) electrons. The third-order valence-corrected chi connectivity index (χ3v) is 8.57. The van der Waals surface area contributed by atoms with Crippen LogP contribution in [-0.2, 0) is 19.1 Å². The van der Waals surface area contributed by atoms with E-state index in [1.807, 2.05) is 30.3 Å². The van der Waals surface area contributed by atoms with Crippen LogP contribution in [0.2, 0.25) is 0 Å². The van der Waals surface area contributed by atoms with Crippen LogP contribution in [0.15, 0.2) is 59.7 Å². The molecule has 2 aromatic rings. The largest absolute Gasteiger partial charge is 0.505 e. The number of phenolic OH excluding ortho intramolecular Hbond substituents is 1. The van der Waals surface area contributed by atoms with E-state index in [9.17, 15) is 34.1 Å². The van der Waals surface area contributed by atoms with Gasteiger partial charge in [-0.3, -0.25) is 19.3 Å². The van der Waals surface area contributed by atoms with Crippen molar-refractivity contribution in [1.29, 1.82) is 0 Å². The van der Waals surface area contributed by atoms with Crippen molar-refractivity contribution >= 4 is 29.4 Å². The Morgan fingerprint density at radius 2 is 1.84 bits per heavy atom. The maximum Gasteiger partial charge on any atom is 0.303 e. The monoisotopic (exact) mass is 609 g/mol. The maximum absolute atomic E-state index is 14.1. The van der Waals surface area contributed by atoms with Crippen molar-refractivity contribution in [2.75, 3.05) is 26.9 Å². The normalized spacial score (nSPS) is 21.1. The molecule has 2 aliphatic rings. The molecule has 4 N–H and O–H groups in total. The lowest BCUT2D eigenvalue weighted by Crippen LogP contribution is -2.39. The molecular weight excluding hydrogens is 569 g/mol. The molecule has 0 aromatic heterocycles. The Morgan fingerprint density at radius 1 is 1.09 bits per heavy atom. The molecule has 1 heterocycles. The van der Waals surface area contributed by atoms with Crippen LogP contribution < -0.4 is 0 Å².